The summed E-state index contributed by atoms with van der Waals surface area (Å²) < 4.78 is 14.3. The van der Waals surface area contributed by atoms with Gasteiger partial charge in [0.2, 0.25) is 0 Å². The van der Waals surface area contributed by atoms with Gasteiger partial charge >= 0.3 is 6.09 Å². The highest BCUT2D eigenvalue weighted by Crippen LogP contribution is 2.35. The lowest BCUT2D eigenvalue weighted by Gasteiger charge is -2.24. The molecule has 1 amide bonds. The number of aromatic nitrogens is 1. The van der Waals surface area contributed by atoms with Crippen molar-refractivity contribution in [3.63, 3.8) is 0 Å². The highest BCUT2D eigenvalue weighted by molar-refractivity contribution is 5.70. The number of nitrogens with zero attached hydrogens (tertiary/aromatic N) is 2. The average Bonchev–Trinajstić information content (AvgIpc) is 3.14. The Kier molecular flexibility index (Phi) is 8.21. The van der Waals surface area contributed by atoms with Crippen molar-refractivity contribution in [3.05, 3.63) is 41.2 Å². The molecule has 0 spiro atoms. The van der Waals surface area contributed by atoms with Gasteiger partial charge in [-0.25, -0.2) is 4.79 Å². The fourth-order valence-corrected chi connectivity index (χ4v) is 4.28. The normalized spacial score (nSPS) is 16.5. The van der Waals surface area contributed by atoms with Crippen molar-refractivity contribution >= 4 is 6.09 Å². The predicted molar refractivity (Wildman–Crippen MR) is 126 cm³/mol. The SMILES string of the molecule is Cc1cc(-c2cn(C3CCCCO3)cc2CN(C)CCNC(=O)O)cc(C)c1OC(C)C. The van der Waals surface area contributed by atoms with Crippen molar-refractivity contribution in [1.29, 1.82) is 0 Å². The molecule has 32 heavy (non-hydrogen) atoms. The molecule has 2 heterocycles. The smallest absolute Gasteiger partial charge is 0.404 e. The maximum absolute atomic E-state index is 10.8. The third kappa shape index (κ3) is 6.26. The lowest BCUT2D eigenvalue weighted by atomic mass is 9.98. The molecule has 2 N–H and O–H groups in total. The van der Waals surface area contributed by atoms with Gasteiger partial charge in [-0.2, -0.15) is 0 Å². The standard InChI is InChI=1S/C25H37N3O4/c1-17(2)32-24-18(3)12-20(13-19(24)4)22-16-28(23-8-6-7-11-31-23)15-21(22)14-27(5)10-9-26-25(29)30/h12-13,15-17,23,26H,6-11,14H2,1-5H3,(H,29,30). The van der Waals surface area contributed by atoms with Gasteiger partial charge in [0.25, 0.3) is 0 Å². The highest BCUT2D eigenvalue weighted by atomic mass is 16.5. The Balaban J connectivity index is 1.90. The van der Waals surface area contributed by atoms with E-state index in [9.17, 15) is 4.79 Å². The predicted octanol–water partition coefficient (Wildman–Crippen LogP) is 4.96. The molecule has 7 nitrogen and oxygen atoms in total. The third-order valence-electron chi connectivity index (χ3n) is 5.75. The Morgan fingerprint density at radius 2 is 2.00 bits per heavy atom. The number of benzene rings is 1. The number of carboxylic acid groups (broad SMARTS) is 1. The van der Waals surface area contributed by atoms with Crippen molar-refractivity contribution in [2.24, 2.45) is 0 Å². The van der Waals surface area contributed by atoms with Gasteiger partial charge < -0.3 is 29.4 Å². The van der Waals surface area contributed by atoms with E-state index in [1.54, 1.807) is 0 Å². The molecule has 0 saturated carbocycles. The maximum atomic E-state index is 10.8. The second kappa shape index (κ2) is 10.9. The van der Waals surface area contributed by atoms with Crippen molar-refractivity contribution < 1.29 is 19.4 Å². The number of amides is 1. The molecule has 1 unspecified atom stereocenters. The van der Waals surface area contributed by atoms with Crippen LogP contribution in [0.15, 0.2) is 24.5 Å². The molecule has 1 saturated heterocycles. The summed E-state index contributed by atoms with van der Waals surface area (Å²) in [5.41, 5.74) is 5.80. The molecule has 1 aromatic heterocycles. The van der Waals surface area contributed by atoms with Crippen LogP contribution in [0.1, 0.15) is 56.0 Å². The molecular formula is C25H37N3O4. The van der Waals surface area contributed by atoms with Crippen LogP contribution in [-0.4, -0.2) is 53.5 Å². The quantitative estimate of drug-likeness (QED) is 0.573. The van der Waals surface area contributed by atoms with Gasteiger partial charge in [0.15, 0.2) is 0 Å². The summed E-state index contributed by atoms with van der Waals surface area (Å²) in [7, 11) is 2.01. The summed E-state index contributed by atoms with van der Waals surface area (Å²) in [5, 5.41) is 11.3. The van der Waals surface area contributed by atoms with Crippen LogP contribution in [0.5, 0.6) is 5.75 Å². The monoisotopic (exact) mass is 443 g/mol. The minimum Gasteiger partial charge on any atom is -0.490 e. The lowest BCUT2D eigenvalue weighted by molar-refractivity contribution is -0.0317. The third-order valence-corrected chi connectivity index (χ3v) is 5.75. The van der Waals surface area contributed by atoms with Gasteiger partial charge in [-0.05, 0) is 88.4 Å². The van der Waals surface area contributed by atoms with Crippen LogP contribution in [0.25, 0.3) is 11.1 Å². The molecule has 1 fully saturated rings. The Labute approximate surface area is 191 Å². The first-order chi connectivity index (χ1) is 15.2. The Hall–Kier alpha value is -2.51. The van der Waals surface area contributed by atoms with Crippen LogP contribution in [0.4, 0.5) is 4.79 Å². The van der Waals surface area contributed by atoms with E-state index in [0.29, 0.717) is 13.1 Å². The summed E-state index contributed by atoms with van der Waals surface area (Å²) >= 11 is 0. The van der Waals surface area contributed by atoms with E-state index in [4.69, 9.17) is 14.6 Å². The largest absolute Gasteiger partial charge is 0.490 e. The number of hydrogen-bond donors (Lipinski definition) is 2. The van der Waals surface area contributed by atoms with E-state index in [0.717, 1.165) is 48.4 Å². The summed E-state index contributed by atoms with van der Waals surface area (Å²) in [6.07, 6.45) is 6.91. The molecule has 0 radical (unpaired) electrons. The van der Waals surface area contributed by atoms with Gasteiger partial charge in [-0.3, -0.25) is 0 Å². The van der Waals surface area contributed by atoms with Crippen LogP contribution in [-0.2, 0) is 11.3 Å². The van der Waals surface area contributed by atoms with Crippen molar-refractivity contribution in [1.82, 2.24) is 14.8 Å². The van der Waals surface area contributed by atoms with Gasteiger partial charge in [0, 0.05) is 44.2 Å². The molecule has 0 aliphatic carbocycles. The van der Waals surface area contributed by atoms with Crippen LogP contribution in [0, 0.1) is 13.8 Å². The molecule has 1 aliphatic heterocycles. The van der Waals surface area contributed by atoms with Crippen LogP contribution in [0.3, 0.4) is 0 Å². The highest BCUT2D eigenvalue weighted by Gasteiger charge is 2.20. The fourth-order valence-electron chi connectivity index (χ4n) is 4.28. The van der Waals surface area contributed by atoms with Gasteiger partial charge in [-0.1, -0.05) is 0 Å². The van der Waals surface area contributed by atoms with Crippen LogP contribution in [0.2, 0.25) is 0 Å². The van der Waals surface area contributed by atoms with E-state index in [-0.39, 0.29) is 12.3 Å². The molecule has 1 aliphatic rings. The molecule has 176 valence electrons. The zero-order chi connectivity index (χ0) is 23.3. The summed E-state index contributed by atoms with van der Waals surface area (Å²) in [6.45, 7) is 10.8. The van der Waals surface area contributed by atoms with E-state index in [1.165, 1.54) is 17.5 Å². The zero-order valence-corrected chi connectivity index (χ0v) is 20.0. The van der Waals surface area contributed by atoms with Gasteiger partial charge in [0.05, 0.1) is 6.10 Å². The van der Waals surface area contributed by atoms with Crippen molar-refractivity contribution in [2.75, 3.05) is 26.7 Å². The number of nitrogens with one attached hydrogen (secondary N) is 1. The molecule has 2 aromatic rings. The number of likely N-dealkylation sites (N-methyl/N-ethyl adjacent to an activating group) is 1. The van der Waals surface area contributed by atoms with E-state index in [2.05, 4.69) is 53.2 Å². The molecule has 3 rings (SSSR count). The number of rotatable bonds is 9. The van der Waals surface area contributed by atoms with E-state index in [1.807, 2.05) is 20.9 Å². The average molecular weight is 444 g/mol. The van der Waals surface area contributed by atoms with Gasteiger partial charge in [-0.15, -0.1) is 0 Å². The lowest BCUT2D eigenvalue weighted by Crippen LogP contribution is -2.31. The Bertz CT molecular complexity index is 893. The summed E-state index contributed by atoms with van der Waals surface area (Å²) in [4.78, 5) is 12.9. The first-order valence-corrected chi connectivity index (χ1v) is 11.5. The first kappa shape index (κ1) is 24.1. The minimum atomic E-state index is -0.991. The summed E-state index contributed by atoms with van der Waals surface area (Å²) in [5.74, 6) is 0.956. The van der Waals surface area contributed by atoms with Gasteiger partial charge in [0.1, 0.15) is 12.0 Å². The number of aryl methyl sites for hydroxylation is 2. The zero-order valence-electron chi connectivity index (χ0n) is 20.0. The number of carbonyl (C=O) groups is 1. The molecule has 0 bridgehead atoms. The topological polar surface area (TPSA) is 76.0 Å². The first-order valence-electron chi connectivity index (χ1n) is 11.5. The van der Waals surface area contributed by atoms with Crippen LogP contribution < -0.4 is 10.1 Å². The van der Waals surface area contributed by atoms with E-state index >= 15 is 0 Å². The van der Waals surface area contributed by atoms with Crippen LogP contribution >= 0.6 is 0 Å². The minimum absolute atomic E-state index is 0.0703. The van der Waals surface area contributed by atoms with E-state index < -0.39 is 6.09 Å². The Morgan fingerprint density at radius 3 is 2.59 bits per heavy atom. The molecule has 7 heteroatoms. The number of hydrogen-bond acceptors (Lipinski definition) is 4. The van der Waals surface area contributed by atoms with Crippen molar-refractivity contribution in [3.8, 4) is 16.9 Å². The fraction of sp³-hybridized carbons (Fsp3) is 0.560. The van der Waals surface area contributed by atoms with Crippen molar-refractivity contribution in [2.45, 2.75) is 65.8 Å². The second-order valence-corrected chi connectivity index (χ2v) is 9.04. The summed E-state index contributed by atoms with van der Waals surface area (Å²) in [6, 6.07) is 4.39. The Morgan fingerprint density at radius 1 is 1.28 bits per heavy atom. The molecule has 1 aromatic carbocycles. The second-order valence-electron chi connectivity index (χ2n) is 9.04. The maximum Gasteiger partial charge on any atom is 0.404 e. The molecule has 1 atom stereocenters. The number of ether oxygens (including phenoxy) is 2. The molecular weight excluding hydrogens is 406 g/mol.